The lowest BCUT2D eigenvalue weighted by Gasteiger charge is -2.10. The molecular weight excluding hydrogens is 252 g/mol. The molecule has 19 heavy (non-hydrogen) atoms. The van der Waals surface area contributed by atoms with E-state index in [-0.39, 0.29) is 29.2 Å². The monoisotopic (exact) mass is 266 g/mol. The number of esters is 1. The largest absolute Gasteiger partial charge is 0.495 e. The second-order valence-corrected chi connectivity index (χ2v) is 3.58. The van der Waals surface area contributed by atoms with Gasteiger partial charge in [0.1, 0.15) is 23.7 Å². The summed E-state index contributed by atoms with van der Waals surface area (Å²) in [6.45, 7) is 2.62. The molecule has 0 saturated heterocycles. The van der Waals surface area contributed by atoms with Crippen LogP contribution < -0.4 is 10.4 Å². The van der Waals surface area contributed by atoms with Crippen molar-refractivity contribution in [2.24, 2.45) is 0 Å². The van der Waals surface area contributed by atoms with Crippen LogP contribution >= 0.6 is 0 Å². The van der Waals surface area contributed by atoms with Crippen LogP contribution in [-0.2, 0) is 16.1 Å². The summed E-state index contributed by atoms with van der Waals surface area (Å²) in [5.74, 6) is -0.391. The number of methoxy groups -OCH3 is 1. The van der Waals surface area contributed by atoms with Gasteiger partial charge in [0.15, 0.2) is 6.29 Å². The Morgan fingerprint density at radius 2 is 2.11 bits per heavy atom. The van der Waals surface area contributed by atoms with Gasteiger partial charge in [-0.05, 0) is 13.0 Å². The molecule has 102 valence electrons. The van der Waals surface area contributed by atoms with Crippen LogP contribution in [0.3, 0.4) is 0 Å². The molecule has 0 unspecified atom stereocenters. The molecule has 0 aliphatic rings. The number of aldehydes is 1. The number of allylic oxidation sites excluding steroid dienone is 1. The molecule has 1 heterocycles. The number of carbonyl (C=O) groups excluding carboxylic acids is 2. The van der Waals surface area contributed by atoms with Gasteiger partial charge in [0.25, 0.3) is 0 Å². The van der Waals surface area contributed by atoms with Crippen molar-refractivity contribution in [3.63, 3.8) is 0 Å². The van der Waals surface area contributed by atoms with E-state index in [1.165, 1.54) is 20.1 Å². The standard InChI is InChI=1S/C13H14O6/c1-4-5-11-9(6-14)12(17-3)10(13(16)19-11)7-18-8(2)15/h4-6H,7H2,1-3H3/b5-4+. The molecule has 0 fully saturated rings. The van der Waals surface area contributed by atoms with Crippen LogP contribution in [0.15, 0.2) is 15.3 Å². The van der Waals surface area contributed by atoms with Crippen molar-refractivity contribution >= 4 is 18.3 Å². The SMILES string of the molecule is C/C=C/c1oc(=O)c(COC(C)=O)c(OC)c1C=O. The molecule has 0 amide bonds. The summed E-state index contributed by atoms with van der Waals surface area (Å²) in [6, 6.07) is 0. The average molecular weight is 266 g/mol. The van der Waals surface area contributed by atoms with E-state index in [1.807, 2.05) is 0 Å². The van der Waals surface area contributed by atoms with Gasteiger partial charge in [0, 0.05) is 6.92 Å². The molecule has 6 heteroatoms. The third kappa shape index (κ3) is 3.31. The highest BCUT2D eigenvalue weighted by Gasteiger charge is 2.19. The van der Waals surface area contributed by atoms with Crippen molar-refractivity contribution in [2.75, 3.05) is 7.11 Å². The normalized spacial score (nSPS) is 10.5. The summed E-state index contributed by atoms with van der Waals surface area (Å²) in [6.07, 6.45) is 3.62. The fourth-order valence-corrected chi connectivity index (χ4v) is 1.50. The molecule has 1 aromatic heterocycles. The van der Waals surface area contributed by atoms with Crippen LogP contribution in [0.5, 0.6) is 5.75 Å². The Labute approximate surface area is 109 Å². The Balaban J connectivity index is 3.43. The maximum absolute atomic E-state index is 11.8. The first-order valence-corrected chi connectivity index (χ1v) is 5.50. The quantitative estimate of drug-likeness (QED) is 0.594. The Hall–Kier alpha value is -2.37. The van der Waals surface area contributed by atoms with Crippen LogP contribution in [0.2, 0.25) is 0 Å². The molecule has 0 atom stereocenters. The van der Waals surface area contributed by atoms with Crippen LogP contribution in [0.1, 0.15) is 35.5 Å². The smallest absolute Gasteiger partial charge is 0.346 e. The predicted molar refractivity (Wildman–Crippen MR) is 67.1 cm³/mol. The summed E-state index contributed by atoms with van der Waals surface area (Å²) >= 11 is 0. The van der Waals surface area contributed by atoms with Gasteiger partial charge in [-0.1, -0.05) is 6.08 Å². The molecule has 0 bridgehead atoms. The van der Waals surface area contributed by atoms with Crippen LogP contribution in [0.25, 0.3) is 6.08 Å². The first kappa shape index (κ1) is 14.7. The first-order valence-electron chi connectivity index (χ1n) is 5.50. The van der Waals surface area contributed by atoms with Gasteiger partial charge in [-0.15, -0.1) is 0 Å². The summed E-state index contributed by atoms with van der Waals surface area (Å²) in [5, 5.41) is 0. The van der Waals surface area contributed by atoms with Gasteiger partial charge >= 0.3 is 11.6 Å². The highest BCUT2D eigenvalue weighted by molar-refractivity contribution is 5.84. The van der Waals surface area contributed by atoms with Crippen molar-refractivity contribution in [3.8, 4) is 5.75 Å². The van der Waals surface area contributed by atoms with Crippen molar-refractivity contribution in [3.05, 3.63) is 33.4 Å². The van der Waals surface area contributed by atoms with E-state index in [9.17, 15) is 14.4 Å². The minimum absolute atomic E-state index is 0.00643. The lowest BCUT2D eigenvalue weighted by Crippen LogP contribution is -2.15. The zero-order valence-corrected chi connectivity index (χ0v) is 10.9. The Morgan fingerprint density at radius 3 is 2.58 bits per heavy atom. The topological polar surface area (TPSA) is 82.8 Å². The minimum Gasteiger partial charge on any atom is -0.495 e. The summed E-state index contributed by atoms with van der Waals surface area (Å²) in [7, 11) is 1.32. The molecule has 0 radical (unpaired) electrons. The number of carbonyl (C=O) groups is 2. The molecule has 0 aromatic carbocycles. The number of rotatable bonds is 5. The number of ether oxygens (including phenoxy) is 2. The highest BCUT2D eigenvalue weighted by atomic mass is 16.5. The molecule has 0 aliphatic carbocycles. The molecule has 0 spiro atoms. The Morgan fingerprint density at radius 1 is 1.42 bits per heavy atom. The molecule has 0 saturated carbocycles. The summed E-state index contributed by atoms with van der Waals surface area (Å²) in [4.78, 5) is 33.7. The third-order valence-corrected chi connectivity index (χ3v) is 2.29. The Bertz CT molecular complexity index is 567. The first-order chi connectivity index (χ1) is 9.04. The van der Waals surface area contributed by atoms with E-state index < -0.39 is 11.6 Å². The molecule has 1 rings (SSSR count). The van der Waals surface area contributed by atoms with Gasteiger partial charge in [0.2, 0.25) is 0 Å². The molecule has 0 N–H and O–H groups in total. The van der Waals surface area contributed by atoms with Crippen molar-refractivity contribution in [1.82, 2.24) is 0 Å². The van der Waals surface area contributed by atoms with Gasteiger partial charge in [-0.3, -0.25) is 9.59 Å². The maximum Gasteiger partial charge on any atom is 0.346 e. The second kappa shape index (κ2) is 6.53. The van der Waals surface area contributed by atoms with Gasteiger partial charge in [-0.25, -0.2) is 4.79 Å². The van der Waals surface area contributed by atoms with E-state index in [1.54, 1.807) is 13.0 Å². The maximum atomic E-state index is 11.8. The van der Waals surface area contributed by atoms with Gasteiger partial charge < -0.3 is 13.9 Å². The lowest BCUT2D eigenvalue weighted by atomic mass is 10.1. The number of hydrogen-bond acceptors (Lipinski definition) is 6. The van der Waals surface area contributed by atoms with Crippen LogP contribution in [0, 0.1) is 0 Å². The van der Waals surface area contributed by atoms with E-state index in [2.05, 4.69) is 0 Å². The fourth-order valence-electron chi connectivity index (χ4n) is 1.50. The fraction of sp³-hybridized carbons (Fsp3) is 0.308. The van der Waals surface area contributed by atoms with Crippen molar-refractivity contribution < 1.29 is 23.5 Å². The minimum atomic E-state index is -0.711. The average Bonchev–Trinajstić information content (AvgIpc) is 2.36. The zero-order chi connectivity index (χ0) is 14.4. The molecular formula is C13H14O6. The van der Waals surface area contributed by atoms with E-state index >= 15 is 0 Å². The van der Waals surface area contributed by atoms with E-state index in [0.717, 1.165) is 0 Å². The second-order valence-electron chi connectivity index (χ2n) is 3.58. The predicted octanol–water partition coefficient (Wildman–Crippen LogP) is 1.56. The number of hydrogen-bond donors (Lipinski definition) is 0. The highest BCUT2D eigenvalue weighted by Crippen LogP contribution is 2.24. The van der Waals surface area contributed by atoms with Crippen LogP contribution in [-0.4, -0.2) is 19.4 Å². The molecule has 6 nitrogen and oxygen atoms in total. The third-order valence-electron chi connectivity index (χ3n) is 2.29. The van der Waals surface area contributed by atoms with Crippen molar-refractivity contribution in [2.45, 2.75) is 20.5 Å². The molecule has 1 aromatic rings. The van der Waals surface area contributed by atoms with Crippen molar-refractivity contribution in [1.29, 1.82) is 0 Å². The zero-order valence-electron chi connectivity index (χ0n) is 10.9. The van der Waals surface area contributed by atoms with E-state index in [0.29, 0.717) is 6.29 Å². The lowest BCUT2D eigenvalue weighted by molar-refractivity contribution is -0.142. The van der Waals surface area contributed by atoms with Gasteiger partial charge in [-0.2, -0.15) is 0 Å². The van der Waals surface area contributed by atoms with Crippen LogP contribution in [0.4, 0.5) is 0 Å². The van der Waals surface area contributed by atoms with E-state index in [4.69, 9.17) is 13.9 Å². The summed E-state index contributed by atoms with van der Waals surface area (Å²) in [5.41, 5.74) is -0.618. The summed E-state index contributed by atoms with van der Waals surface area (Å²) < 4.78 is 14.8. The van der Waals surface area contributed by atoms with Gasteiger partial charge in [0.05, 0.1) is 12.7 Å². The Kier molecular flexibility index (Phi) is 5.05. The molecule has 0 aliphatic heterocycles.